The lowest BCUT2D eigenvalue weighted by Crippen LogP contribution is -2.51. The van der Waals surface area contributed by atoms with Gasteiger partial charge in [0.2, 0.25) is 0 Å². The first kappa shape index (κ1) is 14.1. The largest absolute Gasteiger partial charge is 0.324 e. The van der Waals surface area contributed by atoms with E-state index in [0.717, 1.165) is 12.6 Å². The van der Waals surface area contributed by atoms with Crippen molar-refractivity contribution in [3.05, 3.63) is 35.9 Å². The Morgan fingerprint density at radius 1 is 1.20 bits per heavy atom. The molecule has 2 aliphatic heterocycles. The molecule has 3 heteroatoms. The molecule has 3 atom stereocenters. The predicted octanol–water partition coefficient (Wildman–Crippen LogP) is 2.10. The van der Waals surface area contributed by atoms with Gasteiger partial charge >= 0.3 is 0 Å². The minimum atomic E-state index is 0.151. The van der Waals surface area contributed by atoms with E-state index in [4.69, 9.17) is 5.73 Å². The molecular weight excluding hydrogens is 246 g/mol. The average Bonchev–Trinajstić information content (AvgIpc) is 2.95. The Kier molecular flexibility index (Phi) is 4.39. The molecule has 2 saturated heterocycles. The van der Waals surface area contributed by atoms with E-state index < -0.39 is 0 Å². The summed E-state index contributed by atoms with van der Waals surface area (Å²) in [6.45, 7) is 8.43. The highest BCUT2D eigenvalue weighted by atomic mass is 15.3. The van der Waals surface area contributed by atoms with Crippen LogP contribution in [0.5, 0.6) is 0 Å². The van der Waals surface area contributed by atoms with Crippen molar-refractivity contribution >= 4 is 0 Å². The molecule has 2 N–H and O–H groups in total. The van der Waals surface area contributed by atoms with Gasteiger partial charge in [-0.1, -0.05) is 37.3 Å². The molecule has 0 bridgehead atoms. The quantitative estimate of drug-likeness (QED) is 0.912. The van der Waals surface area contributed by atoms with Crippen LogP contribution in [0, 0.1) is 5.92 Å². The van der Waals surface area contributed by atoms with E-state index in [-0.39, 0.29) is 6.04 Å². The van der Waals surface area contributed by atoms with E-state index in [1.165, 1.54) is 44.6 Å². The second-order valence-electron chi connectivity index (χ2n) is 6.51. The average molecular weight is 273 g/mol. The molecule has 0 radical (unpaired) electrons. The first-order chi connectivity index (χ1) is 9.74. The third-order valence-corrected chi connectivity index (χ3v) is 5.02. The lowest BCUT2D eigenvalue weighted by molar-refractivity contribution is 0.0903. The van der Waals surface area contributed by atoms with Crippen LogP contribution >= 0.6 is 0 Å². The van der Waals surface area contributed by atoms with Crippen molar-refractivity contribution in [2.24, 2.45) is 11.7 Å². The second-order valence-corrected chi connectivity index (χ2v) is 6.51. The molecule has 1 aromatic rings. The van der Waals surface area contributed by atoms with Crippen LogP contribution < -0.4 is 5.73 Å². The van der Waals surface area contributed by atoms with Gasteiger partial charge < -0.3 is 10.6 Å². The second kappa shape index (κ2) is 6.25. The zero-order valence-corrected chi connectivity index (χ0v) is 12.5. The highest BCUT2D eigenvalue weighted by molar-refractivity contribution is 5.19. The van der Waals surface area contributed by atoms with Crippen molar-refractivity contribution in [1.29, 1.82) is 0 Å². The molecule has 3 nitrogen and oxygen atoms in total. The van der Waals surface area contributed by atoms with Gasteiger partial charge in [-0.05, 0) is 30.9 Å². The number of piperazine rings is 1. The van der Waals surface area contributed by atoms with Gasteiger partial charge in [-0.3, -0.25) is 4.90 Å². The molecule has 0 aliphatic carbocycles. The van der Waals surface area contributed by atoms with E-state index in [0.29, 0.717) is 5.92 Å². The van der Waals surface area contributed by atoms with E-state index in [1.807, 2.05) is 0 Å². The Morgan fingerprint density at radius 2 is 2.00 bits per heavy atom. The molecule has 3 unspecified atom stereocenters. The highest BCUT2D eigenvalue weighted by Gasteiger charge is 2.31. The molecule has 0 aromatic heterocycles. The smallest absolute Gasteiger partial charge is 0.0333 e. The van der Waals surface area contributed by atoms with Crippen LogP contribution in [0.25, 0.3) is 0 Å². The molecule has 0 saturated carbocycles. The van der Waals surface area contributed by atoms with Gasteiger partial charge in [-0.15, -0.1) is 0 Å². The van der Waals surface area contributed by atoms with Crippen molar-refractivity contribution < 1.29 is 0 Å². The first-order valence-corrected chi connectivity index (χ1v) is 8.01. The maximum Gasteiger partial charge on any atom is 0.0333 e. The van der Waals surface area contributed by atoms with Crippen molar-refractivity contribution in [2.45, 2.75) is 31.8 Å². The number of nitrogens with two attached hydrogens (primary N) is 1. The molecule has 0 spiro atoms. The summed E-state index contributed by atoms with van der Waals surface area (Å²) in [5, 5.41) is 0. The van der Waals surface area contributed by atoms with E-state index in [1.54, 1.807) is 0 Å². The number of fused-ring (bicyclic) bond motifs is 1. The Hall–Kier alpha value is -0.900. The highest BCUT2D eigenvalue weighted by Crippen LogP contribution is 2.24. The van der Waals surface area contributed by atoms with Gasteiger partial charge in [0, 0.05) is 38.3 Å². The summed E-state index contributed by atoms with van der Waals surface area (Å²) in [5.74, 6) is 0.505. The van der Waals surface area contributed by atoms with E-state index in [9.17, 15) is 0 Å². The minimum absolute atomic E-state index is 0.151. The summed E-state index contributed by atoms with van der Waals surface area (Å²) < 4.78 is 0. The lowest BCUT2D eigenvalue weighted by Gasteiger charge is -2.39. The maximum atomic E-state index is 6.43. The number of rotatable bonds is 4. The topological polar surface area (TPSA) is 32.5 Å². The molecule has 3 rings (SSSR count). The van der Waals surface area contributed by atoms with Gasteiger partial charge in [0.15, 0.2) is 0 Å². The SMILES string of the molecule is CC(CN1CCN2CCCC2C1)C(N)c1ccccc1. The summed E-state index contributed by atoms with van der Waals surface area (Å²) in [5.41, 5.74) is 7.69. The van der Waals surface area contributed by atoms with Crippen LogP contribution in [-0.2, 0) is 0 Å². The summed E-state index contributed by atoms with van der Waals surface area (Å²) in [6.07, 6.45) is 2.77. The minimum Gasteiger partial charge on any atom is -0.324 e. The molecule has 1 aromatic carbocycles. The number of benzene rings is 1. The zero-order valence-electron chi connectivity index (χ0n) is 12.5. The fourth-order valence-electron chi connectivity index (χ4n) is 3.75. The van der Waals surface area contributed by atoms with Crippen LogP contribution in [-0.4, -0.2) is 48.6 Å². The van der Waals surface area contributed by atoms with Crippen LogP contribution in [0.2, 0.25) is 0 Å². The fourth-order valence-corrected chi connectivity index (χ4v) is 3.75. The number of nitrogens with zero attached hydrogens (tertiary/aromatic N) is 2. The third kappa shape index (κ3) is 3.05. The van der Waals surface area contributed by atoms with E-state index >= 15 is 0 Å². The zero-order chi connectivity index (χ0) is 13.9. The van der Waals surface area contributed by atoms with Crippen molar-refractivity contribution in [3.63, 3.8) is 0 Å². The number of hydrogen-bond donors (Lipinski definition) is 1. The van der Waals surface area contributed by atoms with Crippen molar-refractivity contribution in [3.8, 4) is 0 Å². The van der Waals surface area contributed by atoms with Gasteiger partial charge in [-0.25, -0.2) is 0 Å². The van der Waals surface area contributed by atoms with Gasteiger partial charge in [0.25, 0.3) is 0 Å². The van der Waals surface area contributed by atoms with Gasteiger partial charge in [0.05, 0.1) is 0 Å². The molecule has 110 valence electrons. The van der Waals surface area contributed by atoms with Crippen molar-refractivity contribution in [2.75, 3.05) is 32.7 Å². The molecule has 2 aliphatic rings. The Balaban J connectivity index is 1.55. The maximum absolute atomic E-state index is 6.43. The van der Waals surface area contributed by atoms with Crippen LogP contribution in [0.15, 0.2) is 30.3 Å². The summed E-state index contributed by atoms with van der Waals surface area (Å²) in [6, 6.07) is 11.5. The molecule has 2 heterocycles. The van der Waals surface area contributed by atoms with Crippen LogP contribution in [0.3, 0.4) is 0 Å². The van der Waals surface area contributed by atoms with Crippen LogP contribution in [0.4, 0.5) is 0 Å². The van der Waals surface area contributed by atoms with Gasteiger partial charge in [0.1, 0.15) is 0 Å². The van der Waals surface area contributed by atoms with Gasteiger partial charge in [-0.2, -0.15) is 0 Å². The fraction of sp³-hybridized carbons (Fsp3) is 0.647. The Labute approximate surface area is 122 Å². The third-order valence-electron chi connectivity index (χ3n) is 5.02. The molecule has 20 heavy (non-hydrogen) atoms. The summed E-state index contributed by atoms with van der Waals surface area (Å²) in [4.78, 5) is 5.29. The Morgan fingerprint density at radius 3 is 2.80 bits per heavy atom. The normalized spacial score (nSPS) is 27.2. The van der Waals surface area contributed by atoms with Crippen molar-refractivity contribution in [1.82, 2.24) is 9.80 Å². The molecular formula is C17H27N3. The molecule has 2 fully saturated rings. The molecule has 0 amide bonds. The van der Waals surface area contributed by atoms with Crippen LogP contribution in [0.1, 0.15) is 31.4 Å². The Bertz CT molecular complexity index is 420. The lowest BCUT2D eigenvalue weighted by atomic mass is 9.94. The summed E-state index contributed by atoms with van der Waals surface area (Å²) in [7, 11) is 0. The van der Waals surface area contributed by atoms with E-state index in [2.05, 4.69) is 47.1 Å². The standard InChI is InChI=1S/C17H27N3/c1-14(17(18)15-6-3-2-4-7-15)12-19-10-11-20-9-5-8-16(20)13-19/h2-4,6-7,14,16-17H,5,8-13,18H2,1H3. The monoisotopic (exact) mass is 273 g/mol. The number of hydrogen-bond acceptors (Lipinski definition) is 3. The first-order valence-electron chi connectivity index (χ1n) is 8.01. The summed E-state index contributed by atoms with van der Waals surface area (Å²) >= 11 is 0. The predicted molar refractivity (Wildman–Crippen MR) is 83.6 cm³/mol.